The highest BCUT2D eigenvalue weighted by atomic mass is 32.2. The Balaban J connectivity index is 1.30. The molecule has 0 amide bonds. The van der Waals surface area contributed by atoms with Crippen LogP contribution in [0.3, 0.4) is 0 Å². The van der Waals surface area contributed by atoms with Crippen molar-refractivity contribution >= 4 is 28.7 Å². The molecule has 1 aliphatic carbocycles. The second kappa shape index (κ2) is 6.80. The highest BCUT2D eigenvalue weighted by Gasteiger charge is 2.21. The molecule has 0 saturated carbocycles. The molecule has 5 nitrogen and oxygen atoms in total. The number of thiophene rings is 1. The van der Waals surface area contributed by atoms with Gasteiger partial charge in [-0.2, -0.15) is 0 Å². The maximum Gasteiger partial charge on any atom is 0.277 e. The molecular formula is C20H20N4OS2. The van der Waals surface area contributed by atoms with Gasteiger partial charge < -0.3 is 8.82 Å². The van der Waals surface area contributed by atoms with E-state index >= 15 is 0 Å². The van der Waals surface area contributed by atoms with Crippen LogP contribution in [0.4, 0.5) is 0 Å². The number of aryl methyl sites for hydroxylation is 2. The molecule has 0 aromatic carbocycles. The standard InChI is InChI=1S/C20H20N4OS2/c1-12-3-5-16-14(7-12)8-17(27-16)19-22-23-20(25-19)26-11-15-10-24-9-13(2)4-6-18(24)21-15/h4,6,8-10,12H,3,5,7,11H2,1-2H3. The maximum atomic E-state index is 5.91. The number of nitrogens with zero attached hydrogens (tertiary/aromatic N) is 4. The minimum absolute atomic E-state index is 0.595. The first-order valence-electron chi connectivity index (χ1n) is 9.16. The molecule has 7 heteroatoms. The van der Waals surface area contributed by atoms with Gasteiger partial charge in [0.2, 0.25) is 0 Å². The van der Waals surface area contributed by atoms with Crippen molar-refractivity contribution < 1.29 is 4.42 Å². The third-order valence-electron chi connectivity index (χ3n) is 4.94. The summed E-state index contributed by atoms with van der Waals surface area (Å²) in [6.45, 7) is 4.40. The Hall–Kier alpha value is -2.12. The Bertz CT molecular complexity index is 1110. The number of hydrogen-bond acceptors (Lipinski definition) is 6. The lowest BCUT2D eigenvalue weighted by Crippen LogP contribution is -2.07. The average molecular weight is 397 g/mol. The number of aromatic nitrogens is 4. The number of rotatable bonds is 4. The van der Waals surface area contributed by atoms with Crippen molar-refractivity contribution in [2.24, 2.45) is 5.92 Å². The highest BCUT2D eigenvalue weighted by Crippen LogP contribution is 2.37. The van der Waals surface area contributed by atoms with Crippen LogP contribution in [0, 0.1) is 12.8 Å². The van der Waals surface area contributed by atoms with Crippen molar-refractivity contribution in [1.82, 2.24) is 19.6 Å². The quantitative estimate of drug-likeness (QED) is 0.445. The van der Waals surface area contributed by atoms with Crippen LogP contribution in [-0.2, 0) is 18.6 Å². The molecular weight excluding hydrogens is 376 g/mol. The fraction of sp³-hybridized carbons (Fsp3) is 0.350. The number of thioether (sulfide) groups is 1. The predicted octanol–water partition coefficient (Wildman–Crippen LogP) is 5.17. The zero-order valence-corrected chi connectivity index (χ0v) is 16.9. The largest absolute Gasteiger partial charge is 0.410 e. The van der Waals surface area contributed by atoms with E-state index in [1.54, 1.807) is 11.3 Å². The summed E-state index contributed by atoms with van der Waals surface area (Å²) in [4.78, 5) is 7.22. The molecule has 4 aromatic heterocycles. The minimum Gasteiger partial charge on any atom is -0.410 e. The summed E-state index contributed by atoms with van der Waals surface area (Å²) in [5.74, 6) is 2.11. The monoisotopic (exact) mass is 396 g/mol. The smallest absolute Gasteiger partial charge is 0.277 e. The Morgan fingerprint density at radius 3 is 3.15 bits per heavy atom. The van der Waals surface area contributed by atoms with Crippen LogP contribution in [0.15, 0.2) is 40.2 Å². The molecule has 0 fully saturated rings. The van der Waals surface area contributed by atoms with E-state index in [0.717, 1.165) is 28.6 Å². The second-order valence-corrected chi connectivity index (χ2v) is 9.34. The van der Waals surface area contributed by atoms with Gasteiger partial charge in [0, 0.05) is 23.0 Å². The molecule has 0 N–H and O–H groups in total. The summed E-state index contributed by atoms with van der Waals surface area (Å²) in [6, 6.07) is 6.35. The van der Waals surface area contributed by atoms with Gasteiger partial charge in [-0.1, -0.05) is 24.8 Å². The Kier molecular flexibility index (Phi) is 4.28. The van der Waals surface area contributed by atoms with E-state index in [4.69, 9.17) is 4.42 Å². The first-order chi connectivity index (χ1) is 13.1. The fourth-order valence-electron chi connectivity index (χ4n) is 3.54. The van der Waals surface area contributed by atoms with Crippen molar-refractivity contribution in [3.05, 3.63) is 52.3 Å². The van der Waals surface area contributed by atoms with Gasteiger partial charge in [0.25, 0.3) is 11.1 Å². The molecule has 1 aliphatic rings. The van der Waals surface area contributed by atoms with Crippen LogP contribution < -0.4 is 0 Å². The van der Waals surface area contributed by atoms with Crippen LogP contribution in [0.25, 0.3) is 16.4 Å². The number of imidazole rings is 1. The molecule has 4 heterocycles. The summed E-state index contributed by atoms with van der Waals surface area (Å²) in [5.41, 5.74) is 4.64. The lowest BCUT2D eigenvalue weighted by Gasteiger charge is -2.16. The molecule has 4 aromatic rings. The van der Waals surface area contributed by atoms with Gasteiger partial charge in [-0.3, -0.25) is 0 Å². The van der Waals surface area contributed by atoms with E-state index in [1.165, 1.54) is 40.6 Å². The molecule has 0 aliphatic heterocycles. The first-order valence-corrected chi connectivity index (χ1v) is 11.0. The van der Waals surface area contributed by atoms with E-state index in [2.05, 4.69) is 58.0 Å². The Labute approximate surface area is 165 Å². The Morgan fingerprint density at radius 2 is 2.22 bits per heavy atom. The van der Waals surface area contributed by atoms with Crippen molar-refractivity contribution in [1.29, 1.82) is 0 Å². The van der Waals surface area contributed by atoms with Crippen molar-refractivity contribution in [3.8, 4) is 10.8 Å². The zero-order chi connectivity index (χ0) is 18.4. The topological polar surface area (TPSA) is 56.2 Å². The Morgan fingerprint density at radius 1 is 1.30 bits per heavy atom. The minimum atomic E-state index is 0.595. The van der Waals surface area contributed by atoms with Crippen LogP contribution in [0.1, 0.15) is 35.0 Å². The van der Waals surface area contributed by atoms with E-state index < -0.39 is 0 Å². The summed E-state index contributed by atoms with van der Waals surface area (Å²) in [5, 5.41) is 9.07. The van der Waals surface area contributed by atoms with E-state index in [-0.39, 0.29) is 0 Å². The fourth-order valence-corrected chi connectivity index (χ4v) is 5.32. The van der Waals surface area contributed by atoms with Gasteiger partial charge in [-0.15, -0.1) is 21.5 Å². The summed E-state index contributed by atoms with van der Waals surface area (Å²) in [7, 11) is 0. The molecule has 27 heavy (non-hydrogen) atoms. The van der Waals surface area contributed by atoms with E-state index in [1.807, 2.05) is 6.07 Å². The lowest BCUT2D eigenvalue weighted by molar-refractivity contribution is 0.466. The van der Waals surface area contributed by atoms with Gasteiger partial charge in [0.15, 0.2) is 0 Å². The number of pyridine rings is 1. The van der Waals surface area contributed by atoms with Gasteiger partial charge >= 0.3 is 0 Å². The van der Waals surface area contributed by atoms with E-state index in [0.29, 0.717) is 16.9 Å². The van der Waals surface area contributed by atoms with Crippen LogP contribution >= 0.6 is 23.1 Å². The van der Waals surface area contributed by atoms with Crippen LogP contribution in [-0.4, -0.2) is 19.6 Å². The third-order valence-corrected chi connectivity index (χ3v) is 7.02. The van der Waals surface area contributed by atoms with Crippen LogP contribution in [0.5, 0.6) is 0 Å². The predicted molar refractivity (Wildman–Crippen MR) is 108 cm³/mol. The average Bonchev–Trinajstić information content (AvgIpc) is 3.36. The molecule has 5 rings (SSSR count). The summed E-state index contributed by atoms with van der Waals surface area (Å²) >= 11 is 3.33. The van der Waals surface area contributed by atoms with Gasteiger partial charge in [-0.05, 0) is 55.4 Å². The molecule has 0 radical (unpaired) electrons. The van der Waals surface area contributed by atoms with Crippen molar-refractivity contribution in [2.45, 2.75) is 44.1 Å². The first kappa shape index (κ1) is 17.0. The van der Waals surface area contributed by atoms with Crippen molar-refractivity contribution in [2.75, 3.05) is 0 Å². The molecule has 138 valence electrons. The normalized spacial score (nSPS) is 16.7. The summed E-state index contributed by atoms with van der Waals surface area (Å²) in [6.07, 6.45) is 7.75. The van der Waals surface area contributed by atoms with Gasteiger partial charge in [-0.25, -0.2) is 4.98 Å². The summed E-state index contributed by atoms with van der Waals surface area (Å²) < 4.78 is 7.96. The second-order valence-electron chi connectivity index (χ2n) is 7.27. The molecule has 0 bridgehead atoms. The lowest BCUT2D eigenvalue weighted by atomic mass is 9.90. The van der Waals surface area contributed by atoms with Gasteiger partial charge in [0.1, 0.15) is 5.65 Å². The molecule has 0 spiro atoms. The molecule has 0 saturated heterocycles. The molecule has 1 atom stereocenters. The zero-order valence-electron chi connectivity index (χ0n) is 15.3. The third kappa shape index (κ3) is 3.41. The van der Waals surface area contributed by atoms with Gasteiger partial charge in [0.05, 0.1) is 10.6 Å². The SMILES string of the molecule is Cc1ccc2nc(CSc3nnc(-c4cc5c(s4)CCC(C)C5)o3)cn2c1. The maximum absolute atomic E-state index is 5.91. The van der Waals surface area contributed by atoms with E-state index in [9.17, 15) is 0 Å². The number of hydrogen-bond donors (Lipinski definition) is 0. The van der Waals surface area contributed by atoms with Crippen LogP contribution in [0.2, 0.25) is 0 Å². The van der Waals surface area contributed by atoms with Crippen molar-refractivity contribution in [3.63, 3.8) is 0 Å². The molecule has 1 unspecified atom stereocenters. The highest BCUT2D eigenvalue weighted by molar-refractivity contribution is 7.98. The number of fused-ring (bicyclic) bond motifs is 2.